The molecule has 1 heterocycles. The van der Waals surface area contributed by atoms with Crippen LogP contribution in [0, 0.1) is 0 Å². The third-order valence-electron chi connectivity index (χ3n) is 15.5. The van der Waals surface area contributed by atoms with Gasteiger partial charge in [0, 0.05) is 28.1 Å². The summed E-state index contributed by atoms with van der Waals surface area (Å²) in [5, 5.41) is 5.11. The SMILES string of the molecule is c1ccc(-c2ccccc2N(c2ccc3c(c2)-c2ccccc2Oc2ccccc2-3)c2ccc3c(c2)-c2ccccc2-c2ccccc2C32c3ccccc3-c3c2c2ccccc2c2ccccc32)cc1. The van der Waals surface area contributed by atoms with Gasteiger partial charge in [0.15, 0.2) is 0 Å². The Morgan fingerprint density at radius 1 is 0.282 bits per heavy atom. The van der Waals surface area contributed by atoms with Crippen LogP contribution in [0.2, 0.25) is 0 Å². The Bertz CT molecular complexity index is 4170. The van der Waals surface area contributed by atoms with Gasteiger partial charge in [0.05, 0.1) is 11.1 Å². The van der Waals surface area contributed by atoms with Crippen LogP contribution in [0.15, 0.2) is 261 Å². The Hall–Kier alpha value is -9.24. The molecule has 2 aliphatic carbocycles. The van der Waals surface area contributed by atoms with Gasteiger partial charge in [0.1, 0.15) is 11.5 Å². The van der Waals surface area contributed by atoms with Gasteiger partial charge in [-0.15, -0.1) is 0 Å². The second-order valence-electron chi connectivity index (χ2n) is 19.0. The standard InChI is InChI=1S/C69H43NO/c1-2-20-44(21-3-1)47-22-12-17-35-64(47)70(45-38-40-52-54-28-13-18-36-65(54)71-66-37-19-14-29-55(66)59(52)42-45)46-39-41-63-60(43-46)51-26-5-4-23-48(51)53-27-10-15-33-61(53)69(63)62-34-16-11-32-58(62)67-56-30-8-6-24-49(56)50-25-7-9-31-57(50)68(67)69/h1-43H. The van der Waals surface area contributed by atoms with E-state index in [9.17, 15) is 0 Å². The van der Waals surface area contributed by atoms with Crippen LogP contribution in [-0.4, -0.2) is 0 Å². The zero-order valence-electron chi connectivity index (χ0n) is 38.7. The molecule has 12 aromatic rings. The Morgan fingerprint density at radius 3 is 1.45 bits per heavy atom. The van der Waals surface area contributed by atoms with Crippen LogP contribution in [0.25, 0.3) is 88.3 Å². The minimum atomic E-state index is -0.674. The monoisotopic (exact) mass is 901 g/mol. The van der Waals surface area contributed by atoms with Gasteiger partial charge < -0.3 is 9.64 Å². The van der Waals surface area contributed by atoms with E-state index in [1.54, 1.807) is 0 Å². The smallest absolute Gasteiger partial charge is 0.135 e. The van der Waals surface area contributed by atoms with Crippen molar-refractivity contribution in [2.45, 2.75) is 5.41 Å². The molecule has 0 saturated heterocycles. The van der Waals surface area contributed by atoms with E-state index in [4.69, 9.17) is 4.74 Å². The molecule has 1 unspecified atom stereocenters. The largest absolute Gasteiger partial charge is 0.456 e. The fourth-order valence-electron chi connectivity index (χ4n) is 12.7. The highest BCUT2D eigenvalue weighted by atomic mass is 16.5. The molecule has 1 atom stereocenters. The second kappa shape index (κ2) is 15.4. The molecule has 2 heteroatoms. The summed E-state index contributed by atoms with van der Waals surface area (Å²) in [5.41, 5.74) is 22.0. The van der Waals surface area contributed by atoms with Crippen LogP contribution in [-0.2, 0) is 5.41 Å². The first-order valence-corrected chi connectivity index (χ1v) is 24.6. The number of hydrogen-bond donors (Lipinski definition) is 0. The average molecular weight is 902 g/mol. The van der Waals surface area contributed by atoms with E-state index < -0.39 is 5.41 Å². The molecule has 0 bridgehead atoms. The number of ether oxygens (including phenoxy) is 1. The number of anilines is 3. The Labute approximate surface area is 413 Å². The number of nitrogens with zero attached hydrogens (tertiary/aromatic N) is 1. The summed E-state index contributed by atoms with van der Waals surface area (Å²) in [6, 6.07) is 96.5. The Kier molecular flexibility index (Phi) is 8.61. The number of hydrogen-bond acceptors (Lipinski definition) is 2. The zero-order valence-corrected chi connectivity index (χ0v) is 38.7. The maximum Gasteiger partial charge on any atom is 0.135 e. The molecular formula is C69H43NO. The summed E-state index contributed by atoms with van der Waals surface area (Å²) < 4.78 is 6.70. The third-order valence-corrected chi connectivity index (χ3v) is 15.5. The summed E-state index contributed by atoms with van der Waals surface area (Å²) in [6.45, 7) is 0. The maximum atomic E-state index is 6.70. The molecule has 0 aromatic heterocycles. The molecule has 0 radical (unpaired) electrons. The third kappa shape index (κ3) is 5.65. The first-order chi connectivity index (χ1) is 35.3. The Balaban J connectivity index is 1.07. The predicted molar refractivity (Wildman–Crippen MR) is 294 cm³/mol. The summed E-state index contributed by atoms with van der Waals surface area (Å²) in [5.74, 6) is 1.70. The molecule has 0 fully saturated rings. The predicted octanol–water partition coefficient (Wildman–Crippen LogP) is 18.6. The van der Waals surface area contributed by atoms with E-state index in [1.807, 2.05) is 0 Å². The average Bonchev–Trinajstić information content (AvgIpc) is 3.61. The van der Waals surface area contributed by atoms with Crippen LogP contribution in [0.4, 0.5) is 17.1 Å². The second-order valence-corrected chi connectivity index (χ2v) is 19.0. The van der Waals surface area contributed by atoms with Crippen molar-refractivity contribution in [3.8, 4) is 78.3 Å². The first kappa shape index (κ1) is 39.7. The van der Waals surface area contributed by atoms with E-state index in [2.05, 4.69) is 266 Å². The minimum absolute atomic E-state index is 0.674. The van der Waals surface area contributed by atoms with Crippen molar-refractivity contribution in [3.05, 3.63) is 283 Å². The fraction of sp³-hybridized carbons (Fsp3) is 0.0145. The highest BCUT2D eigenvalue weighted by molar-refractivity contribution is 6.20. The topological polar surface area (TPSA) is 12.5 Å². The van der Waals surface area contributed by atoms with Crippen LogP contribution in [0.5, 0.6) is 11.5 Å². The first-order valence-electron chi connectivity index (χ1n) is 24.6. The number of benzene rings is 12. The molecule has 15 rings (SSSR count). The van der Waals surface area contributed by atoms with Crippen molar-refractivity contribution >= 4 is 38.6 Å². The van der Waals surface area contributed by atoms with Crippen molar-refractivity contribution in [2.75, 3.05) is 4.90 Å². The van der Waals surface area contributed by atoms with E-state index in [0.717, 1.165) is 61.9 Å². The van der Waals surface area contributed by atoms with E-state index >= 15 is 0 Å². The van der Waals surface area contributed by atoms with E-state index in [0.29, 0.717) is 0 Å². The lowest BCUT2D eigenvalue weighted by Gasteiger charge is -2.37. The highest BCUT2D eigenvalue weighted by Gasteiger charge is 2.51. The van der Waals surface area contributed by atoms with Gasteiger partial charge in [-0.1, -0.05) is 218 Å². The Morgan fingerprint density at radius 2 is 0.732 bits per heavy atom. The van der Waals surface area contributed by atoms with Gasteiger partial charge in [-0.3, -0.25) is 0 Å². The van der Waals surface area contributed by atoms with Crippen LogP contribution in [0.1, 0.15) is 22.3 Å². The summed E-state index contributed by atoms with van der Waals surface area (Å²) in [6.07, 6.45) is 0. The molecular weight excluding hydrogens is 859 g/mol. The van der Waals surface area contributed by atoms with E-state index in [-0.39, 0.29) is 0 Å². The molecule has 2 nitrogen and oxygen atoms in total. The molecule has 330 valence electrons. The summed E-state index contributed by atoms with van der Waals surface area (Å²) >= 11 is 0. The van der Waals surface area contributed by atoms with Gasteiger partial charge in [-0.25, -0.2) is 0 Å². The normalized spacial score (nSPS) is 14.4. The zero-order chi connectivity index (χ0) is 46.6. The molecule has 12 aromatic carbocycles. The lowest BCUT2D eigenvalue weighted by molar-refractivity contribution is 0.488. The molecule has 71 heavy (non-hydrogen) atoms. The van der Waals surface area contributed by atoms with Crippen LogP contribution < -0.4 is 9.64 Å². The lowest BCUT2D eigenvalue weighted by atomic mass is 9.64. The van der Waals surface area contributed by atoms with Gasteiger partial charge in [0.25, 0.3) is 0 Å². The van der Waals surface area contributed by atoms with Crippen molar-refractivity contribution in [1.29, 1.82) is 0 Å². The fourth-order valence-corrected chi connectivity index (χ4v) is 12.7. The maximum absolute atomic E-state index is 6.70. The number of fused-ring (bicyclic) bond motifs is 22. The van der Waals surface area contributed by atoms with Gasteiger partial charge in [-0.05, 0) is 136 Å². The highest BCUT2D eigenvalue weighted by Crippen LogP contribution is 2.65. The molecule has 3 aliphatic rings. The number of rotatable bonds is 4. The van der Waals surface area contributed by atoms with Crippen LogP contribution in [0.3, 0.4) is 0 Å². The van der Waals surface area contributed by atoms with Crippen LogP contribution >= 0.6 is 0 Å². The van der Waals surface area contributed by atoms with Crippen molar-refractivity contribution in [1.82, 2.24) is 0 Å². The summed E-state index contributed by atoms with van der Waals surface area (Å²) in [4.78, 5) is 2.48. The van der Waals surface area contributed by atoms with Crippen molar-refractivity contribution < 1.29 is 4.74 Å². The van der Waals surface area contributed by atoms with Crippen molar-refractivity contribution in [2.24, 2.45) is 0 Å². The van der Waals surface area contributed by atoms with Gasteiger partial charge >= 0.3 is 0 Å². The van der Waals surface area contributed by atoms with Gasteiger partial charge in [-0.2, -0.15) is 0 Å². The van der Waals surface area contributed by atoms with Gasteiger partial charge in [0.2, 0.25) is 0 Å². The minimum Gasteiger partial charge on any atom is -0.456 e. The number of para-hydroxylation sites is 3. The quantitative estimate of drug-likeness (QED) is 0.163. The van der Waals surface area contributed by atoms with E-state index in [1.165, 1.54) is 77.2 Å². The molecule has 1 aliphatic heterocycles. The summed E-state index contributed by atoms with van der Waals surface area (Å²) in [7, 11) is 0. The molecule has 0 saturated carbocycles. The molecule has 1 spiro atoms. The lowest BCUT2D eigenvalue weighted by Crippen LogP contribution is -2.29. The van der Waals surface area contributed by atoms with Crippen molar-refractivity contribution in [3.63, 3.8) is 0 Å². The molecule has 0 N–H and O–H groups in total. The molecule has 0 amide bonds.